The van der Waals surface area contributed by atoms with Gasteiger partial charge in [0.25, 0.3) is 0 Å². The Morgan fingerprint density at radius 3 is 1.08 bits per heavy atom. The number of hydrogen-bond donors (Lipinski definition) is 0. The number of fused-ring (bicyclic) bond motifs is 6. The Morgan fingerprint density at radius 2 is 0.673 bits per heavy atom. The molecule has 0 aliphatic rings. The van der Waals surface area contributed by atoms with Gasteiger partial charge in [0.2, 0.25) is 0 Å². The summed E-state index contributed by atoms with van der Waals surface area (Å²) in [5, 5.41) is 4.70. The van der Waals surface area contributed by atoms with Crippen molar-refractivity contribution in [3.63, 3.8) is 0 Å². The Balaban J connectivity index is 0.00000177. The predicted octanol–water partition coefficient (Wildman–Crippen LogP) is 12.7. The molecule has 0 spiro atoms. The normalized spacial score (nSPS) is 11.3. The third-order valence-corrected chi connectivity index (χ3v) is 9.93. The van der Waals surface area contributed by atoms with Gasteiger partial charge in [0.05, 0.1) is 22.1 Å². The smallest absolute Gasteiger partial charge is 0.0571 e. The van der Waals surface area contributed by atoms with E-state index in [0.29, 0.717) is 0 Å². The molecular formula is C48H36N4. The molecule has 0 saturated heterocycles. The Hall–Kier alpha value is -6.78. The first-order valence-corrected chi connectivity index (χ1v) is 17.9. The van der Waals surface area contributed by atoms with Crippen LogP contribution in [0.1, 0.15) is 13.8 Å². The average molecular weight is 669 g/mol. The molecule has 10 rings (SSSR count). The average Bonchev–Trinajstić information content (AvgIpc) is 3.74. The van der Waals surface area contributed by atoms with Crippen LogP contribution in [-0.2, 0) is 0 Å². The molecule has 0 aliphatic heterocycles. The van der Waals surface area contributed by atoms with Crippen molar-refractivity contribution in [2.75, 3.05) is 0 Å². The van der Waals surface area contributed by atoms with Crippen molar-refractivity contribution in [3.05, 3.63) is 183 Å². The Morgan fingerprint density at radius 1 is 0.327 bits per heavy atom. The Kier molecular flexibility index (Phi) is 7.90. The molecule has 0 unspecified atom stereocenters. The fourth-order valence-electron chi connectivity index (χ4n) is 7.51. The summed E-state index contributed by atoms with van der Waals surface area (Å²) in [5.41, 5.74) is 14.1. The molecule has 0 N–H and O–H groups in total. The monoisotopic (exact) mass is 668 g/mol. The molecule has 0 amide bonds. The molecule has 4 aromatic heterocycles. The van der Waals surface area contributed by atoms with Crippen molar-refractivity contribution in [1.29, 1.82) is 0 Å². The van der Waals surface area contributed by atoms with Crippen LogP contribution in [0, 0.1) is 0 Å². The van der Waals surface area contributed by atoms with Crippen molar-refractivity contribution in [3.8, 4) is 44.8 Å². The Bertz CT molecular complexity index is 2630. The summed E-state index contributed by atoms with van der Waals surface area (Å²) in [6.07, 6.45) is 7.71. The zero-order chi connectivity index (χ0) is 35.0. The van der Waals surface area contributed by atoms with Crippen LogP contribution in [0.4, 0.5) is 0 Å². The highest BCUT2D eigenvalue weighted by molar-refractivity contribution is 6.11. The van der Waals surface area contributed by atoms with Crippen molar-refractivity contribution in [2.24, 2.45) is 0 Å². The van der Waals surface area contributed by atoms with E-state index in [-0.39, 0.29) is 0 Å². The summed E-state index contributed by atoms with van der Waals surface area (Å²) in [5.74, 6) is 0. The lowest BCUT2D eigenvalue weighted by atomic mass is 10.0. The van der Waals surface area contributed by atoms with Crippen LogP contribution in [0.3, 0.4) is 0 Å². The summed E-state index contributed by atoms with van der Waals surface area (Å²) < 4.78 is 4.68. The molecule has 0 bridgehead atoms. The van der Waals surface area contributed by atoms with Gasteiger partial charge < -0.3 is 9.13 Å². The first-order chi connectivity index (χ1) is 25.8. The Labute approximate surface area is 302 Å². The van der Waals surface area contributed by atoms with Crippen molar-refractivity contribution >= 4 is 43.6 Å². The molecule has 4 heterocycles. The lowest BCUT2D eigenvalue weighted by molar-refractivity contribution is 1.17. The molecule has 0 radical (unpaired) electrons. The van der Waals surface area contributed by atoms with Gasteiger partial charge in [-0.15, -0.1) is 0 Å². The summed E-state index contributed by atoms with van der Waals surface area (Å²) in [7, 11) is 0. The fourth-order valence-corrected chi connectivity index (χ4v) is 7.51. The first kappa shape index (κ1) is 31.2. The molecule has 52 heavy (non-hydrogen) atoms. The molecular weight excluding hydrogens is 633 g/mol. The van der Waals surface area contributed by atoms with Crippen LogP contribution in [0.5, 0.6) is 0 Å². The lowest BCUT2D eigenvalue weighted by Gasteiger charge is -2.11. The number of nitrogens with zero attached hydrogens (tertiary/aromatic N) is 4. The predicted molar refractivity (Wildman–Crippen MR) is 218 cm³/mol. The second-order valence-electron chi connectivity index (χ2n) is 12.7. The van der Waals surface area contributed by atoms with Crippen LogP contribution in [-0.4, -0.2) is 19.1 Å². The maximum atomic E-state index is 4.48. The number of pyridine rings is 2. The van der Waals surface area contributed by atoms with E-state index >= 15 is 0 Å². The molecule has 0 saturated carbocycles. The van der Waals surface area contributed by atoms with E-state index < -0.39 is 0 Å². The zero-order valence-electron chi connectivity index (χ0n) is 29.1. The van der Waals surface area contributed by atoms with E-state index in [1.165, 1.54) is 55.2 Å². The number of rotatable bonds is 5. The molecule has 10 aromatic rings. The van der Waals surface area contributed by atoms with Crippen molar-refractivity contribution in [2.45, 2.75) is 13.8 Å². The van der Waals surface area contributed by atoms with E-state index in [1.54, 1.807) is 0 Å². The van der Waals surface area contributed by atoms with Crippen LogP contribution < -0.4 is 0 Å². The minimum Gasteiger partial charge on any atom is -0.309 e. The summed E-state index contributed by atoms with van der Waals surface area (Å²) in [6, 6.07) is 56.5. The highest BCUT2D eigenvalue weighted by Gasteiger charge is 2.16. The molecule has 248 valence electrons. The second-order valence-corrected chi connectivity index (χ2v) is 12.7. The number of benzene rings is 6. The van der Waals surface area contributed by atoms with E-state index in [9.17, 15) is 0 Å². The van der Waals surface area contributed by atoms with Crippen LogP contribution in [0.2, 0.25) is 0 Å². The minimum absolute atomic E-state index is 1.12. The van der Waals surface area contributed by atoms with Crippen LogP contribution in [0.25, 0.3) is 88.4 Å². The third kappa shape index (κ3) is 5.24. The van der Waals surface area contributed by atoms with E-state index in [0.717, 1.165) is 33.2 Å². The largest absolute Gasteiger partial charge is 0.309 e. The molecule has 0 fully saturated rings. The van der Waals surface area contributed by atoms with Gasteiger partial charge in [-0.1, -0.05) is 111 Å². The molecule has 0 aliphatic carbocycles. The van der Waals surface area contributed by atoms with Gasteiger partial charge in [0.1, 0.15) is 0 Å². The van der Waals surface area contributed by atoms with Gasteiger partial charge in [0.15, 0.2) is 0 Å². The summed E-state index contributed by atoms with van der Waals surface area (Å²) in [6.45, 7) is 4.00. The molecule has 4 heteroatoms. The van der Waals surface area contributed by atoms with Crippen LogP contribution >= 0.6 is 0 Å². The van der Waals surface area contributed by atoms with Gasteiger partial charge in [-0.05, 0) is 94.0 Å². The van der Waals surface area contributed by atoms with E-state index in [4.69, 9.17) is 0 Å². The molecule has 6 aromatic carbocycles. The number of hydrogen-bond acceptors (Lipinski definition) is 2. The lowest BCUT2D eigenvalue weighted by Crippen LogP contribution is -1.95. The van der Waals surface area contributed by atoms with Gasteiger partial charge in [-0.25, -0.2) is 0 Å². The van der Waals surface area contributed by atoms with Crippen LogP contribution in [0.15, 0.2) is 183 Å². The highest BCUT2D eigenvalue weighted by atomic mass is 15.0. The maximum absolute atomic E-state index is 4.48. The maximum Gasteiger partial charge on any atom is 0.0571 e. The quantitative estimate of drug-likeness (QED) is 0.183. The summed E-state index contributed by atoms with van der Waals surface area (Å²) >= 11 is 0. The highest BCUT2D eigenvalue weighted by Crippen LogP contribution is 2.37. The van der Waals surface area contributed by atoms with Gasteiger partial charge in [-0.2, -0.15) is 0 Å². The fraction of sp³-hybridized carbons (Fsp3) is 0.0417. The standard InChI is InChI=1S/C46H30N4.C2H6/c1-3-7-31(8-4-1)35-15-21-43-39(27-35)41-29-47-25-23-45(41)49(43)37-17-11-33(12-18-37)34-13-19-38(20-14-34)50-44-22-16-36(32-9-5-2-6-10-32)28-40(44)42-30-48-26-24-46(42)50;1-2/h1-30H;1-2H3. The van der Waals surface area contributed by atoms with E-state index in [2.05, 4.69) is 177 Å². The zero-order valence-corrected chi connectivity index (χ0v) is 29.1. The third-order valence-electron chi connectivity index (χ3n) is 9.93. The molecule has 0 atom stereocenters. The number of aromatic nitrogens is 4. The first-order valence-electron chi connectivity index (χ1n) is 17.9. The van der Waals surface area contributed by atoms with Gasteiger partial charge in [-0.3, -0.25) is 9.97 Å². The van der Waals surface area contributed by atoms with Gasteiger partial charge >= 0.3 is 0 Å². The SMILES string of the molecule is CC.c1ccc(-c2ccc3c(c2)c2cnccc2n3-c2ccc(-c3ccc(-n4c5ccncc5c5cc(-c6ccccc6)ccc54)cc3)cc2)cc1. The van der Waals surface area contributed by atoms with E-state index in [1.807, 2.05) is 38.6 Å². The van der Waals surface area contributed by atoms with Gasteiger partial charge in [0, 0.05) is 57.7 Å². The summed E-state index contributed by atoms with van der Waals surface area (Å²) in [4.78, 5) is 8.97. The van der Waals surface area contributed by atoms with Crippen molar-refractivity contribution in [1.82, 2.24) is 19.1 Å². The second kappa shape index (κ2) is 13.2. The van der Waals surface area contributed by atoms with Crippen molar-refractivity contribution < 1.29 is 0 Å². The molecule has 4 nitrogen and oxygen atoms in total. The minimum atomic E-state index is 1.12. The topological polar surface area (TPSA) is 35.6 Å².